The third-order valence-electron chi connectivity index (χ3n) is 6.37. The molecule has 1 aliphatic heterocycles. The molecule has 6 nitrogen and oxygen atoms in total. The number of benzene rings is 2. The summed E-state index contributed by atoms with van der Waals surface area (Å²) in [6.45, 7) is 1.05. The van der Waals surface area contributed by atoms with E-state index in [2.05, 4.69) is 16.1 Å². The van der Waals surface area contributed by atoms with Gasteiger partial charge in [0.2, 0.25) is 0 Å². The lowest BCUT2D eigenvalue weighted by molar-refractivity contribution is 0.102. The number of nitrogens with one attached hydrogen (secondary N) is 1. The molecule has 2 heterocycles. The highest BCUT2D eigenvalue weighted by atomic mass is 16.5. The topological polar surface area (TPSA) is 65.4 Å². The van der Waals surface area contributed by atoms with Crippen molar-refractivity contribution in [3.63, 3.8) is 0 Å². The molecule has 1 amide bonds. The number of aryl methyl sites for hydroxylation is 2. The standard InChI is InChI=1S/C26H29N3O3/c1-31-24-16-19(11-14-23(24)32-21-6-2-3-7-21)26(30)27-20-12-9-18(10-13-20)22-17-29-15-5-4-8-25(29)28-22/h9-14,16-17,21H,2-8,15H2,1H3,(H,27,30). The second kappa shape index (κ2) is 9.07. The van der Waals surface area contributed by atoms with Crippen LogP contribution in [0, 0.1) is 0 Å². The number of ether oxygens (including phenoxy) is 2. The van der Waals surface area contributed by atoms with Crippen molar-refractivity contribution in [3.05, 3.63) is 60.0 Å². The lowest BCUT2D eigenvalue weighted by Gasteiger charge is -2.16. The molecular formula is C26H29N3O3. The number of imidazole rings is 1. The molecule has 0 bridgehead atoms. The summed E-state index contributed by atoms with van der Waals surface area (Å²) in [4.78, 5) is 17.6. The van der Waals surface area contributed by atoms with E-state index >= 15 is 0 Å². The summed E-state index contributed by atoms with van der Waals surface area (Å²) in [5.41, 5.74) is 3.32. The Hall–Kier alpha value is -3.28. The molecule has 0 spiro atoms. The Morgan fingerprint density at radius 1 is 1.03 bits per heavy atom. The first-order chi connectivity index (χ1) is 15.7. The molecule has 3 aromatic rings. The predicted molar refractivity (Wildman–Crippen MR) is 124 cm³/mol. The molecule has 1 aliphatic carbocycles. The number of rotatable bonds is 6. The fourth-order valence-corrected chi connectivity index (χ4v) is 4.57. The zero-order chi connectivity index (χ0) is 21.9. The number of carbonyl (C=O) groups excluding carboxylic acids is 1. The molecular weight excluding hydrogens is 402 g/mol. The van der Waals surface area contributed by atoms with Crippen LogP contribution in [-0.4, -0.2) is 28.7 Å². The summed E-state index contributed by atoms with van der Waals surface area (Å²) in [7, 11) is 1.60. The number of fused-ring (bicyclic) bond motifs is 1. The SMILES string of the molecule is COc1cc(C(=O)Nc2ccc(-c3cn4c(n3)CCCC4)cc2)ccc1OC1CCCC1. The van der Waals surface area contributed by atoms with E-state index in [9.17, 15) is 4.79 Å². The van der Waals surface area contributed by atoms with Gasteiger partial charge in [0.25, 0.3) is 5.91 Å². The van der Waals surface area contributed by atoms with Crippen molar-refractivity contribution in [3.8, 4) is 22.8 Å². The van der Waals surface area contributed by atoms with Gasteiger partial charge < -0.3 is 19.4 Å². The minimum atomic E-state index is -0.180. The van der Waals surface area contributed by atoms with Gasteiger partial charge in [0.15, 0.2) is 11.5 Å². The molecule has 6 heteroatoms. The molecule has 0 radical (unpaired) electrons. The Bertz CT molecular complexity index is 1070. The molecule has 166 valence electrons. The van der Waals surface area contributed by atoms with E-state index in [1.807, 2.05) is 30.3 Å². The van der Waals surface area contributed by atoms with Gasteiger partial charge in [-0.15, -0.1) is 0 Å². The number of hydrogen-bond acceptors (Lipinski definition) is 4. The molecule has 1 fully saturated rings. The first-order valence-corrected chi connectivity index (χ1v) is 11.5. The summed E-state index contributed by atoms with van der Waals surface area (Å²) in [6, 6.07) is 13.2. The average molecular weight is 432 g/mol. The van der Waals surface area contributed by atoms with Gasteiger partial charge >= 0.3 is 0 Å². The fourth-order valence-electron chi connectivity index (χ4n) is 4.57. The quantitative estimate of drug-likeness (QED) is 0.562. The summed E-state index contributed by atoms with van der Waals surface area (Å²) in [5.74, 6) is 2.27. The molecule has 0 atom stereocenters. The number of carbonyl (C=O) groups is 1. The first-order valence-electron chi connectivity index (χ1n) is 11.5. The van der Waals surface area contributed by atoms with Crippen molar-refractivity contribution in [1.82, 2.24) is 9.55 Å². The Morgan fingerprint density at radius 2 is 1.84 bits per heavy atom. The smallest absolute Gasteiger partial charge is 0.255 e. The monoisotopic (exact) mass is 431 g/mol. The van der Waals surface area contributed by atoms with Crippen LogP contribution >= 0.6 is 0 Å². The Morgan fingerprint density at radius 3 is 2.59 bits per heavy atom. The van der Waals surface area contributed by atoms with Gasteiger partial charge in [-0.2, -0.15) is 0 Å². The highest BCUT2D eigenvalue weighted by Gasteiger charge is 2.19. The second-order valence-electron chi connectivity index (χ2n) is 8.61. The minimum Gasteiger partial charge on any atom is -0.493 e. The van der Waals surface area contributed by atoms with Gasteiger partial charge in [-0.3, -0.25) is 4.79 Å². The average Bonchev–Trinajstić information content (AvgIpc) is 3.49. The largest absolute Gasteiger partial charge is 0.493 e. The maximum Gasteiger partial charge on any atom is 0.255 e. The van der Waals surface area contributed by atoms with Crippen LogP contribution in [0.25, 0.3) is 11.3 Å². The van der Waals surface area contributed by atoms with Crippen LogP contribution in [0.4, 0.5) is 5.69 Å². The molecule has 5 rings (SSSR count). The van der Waals surface area contributed by atoms with Crippen LogP contribution in [0.3, 0.4) is 0 Å². The van der Waals surface area contributed by atoms with Crippen molar-refractivity contribution in [1.29, 1.82) is 0 Å². The molecule has 2 aromatic carbocycles. The highest BCUT2D eigenvalue weighted by Crippen LogP contribution is 2.32. The molecule has 0 unspecified atom stereocenters. The molecule has 1 aromatic heterocycles. The zero-order valence-electron chi connectivity index (χ0n) is 18.5. The second-order valence-corrected chi connectivity index (χ2v) is 8.61. The van der Waals surface area contributed by atoms with E-state index in [0.29, 0.717) is 17.1 Å². The highest BCUT2D eigenvalue weighted by molar-refractivity contribution is 6.04. The molecule has 0 saturated heterocycles. The Kier molecular flexibility index (Phi) is 5.84. The first kappa shape index (κ1) is 20.6. The van der Waals surface area contributed by atoms with Crippen LogP contribution in [0.15, 0.2) is 48.7 Å². The van der Waals surface area contributed by atoms with Crippen molar-refractivity contribution >= 4 is 11.6 Å². The van der Waals surface area contributed by atoms with E-state index in [1.54, 1.807) is 19.2 Å². The van der Waals surface area contributed by atoms with Crippen molar-refractivity contribution < 1.29 is 14.3 Å². The van der Waals surface area contributed by atoms with Crippen LogP contribution in [0.2, 0.25) is 0 Å². The van der Waals surface area contributed by atoms with Crippen LogP contribution < -0.4 is 14.8 Å². The maximum atomic E-state index is 12.8. The number of amides is 1. The number of aromatic nitrogens is 2. The van der Waals surface area contributed by atoms with E-state index in [-0.39, 0.29) is 12.0 Å². The van der Waals surface area contributed by atoms with Crippen molar-refractivity contribution in [2.45, 2.75) is 57.6 Å². The zero-order valence-corrected chi connectivity index (χ0v) is 18.5. The summed E-state index contributed by atoms with van der Waals surface area (Å²) in [5, 5.41) is 2.97. The van der Waals surface area contributed by atoms with Gasteiger partial charge in [-0.25, -0.2) is 4.98 Å². The van der Waals surface area contributed by atoms with E-state index in [4.69, 9.17) is 14.5 Å². The van der Waals surface area contributed by atoms with E-state index in [1.165, 1.54) is 25.7 Å². The number of methoxy groups -OCH3 is 1. The van der Waals surface area contributed by atoms with Gasteiger partial charge in [-0.1, -0.05) is 12.1 Å². The Balaban J connectivity index is 1.26. The van der Waals surface area contributed by atoms with Gasteiger partial charge in [0.05, 0.1) is 18.9 Å². The number of anilines is 1. The Labute approximate surface area is 188 Å². The lowest BCUT2D eigenvalue weighted by Crippen LogP contribution is -2.14. The van der Waals surface area contributed by atoms with Crippen LogP contribution in [0.1, 0.15) is 54.7 Å². The number of nitrogens with zero attached hydrogens (tertiary/aromatic N) is 2. The van der Waals surface area contributed by atoms with Crippen molar-refractivity contribution in [2.24, 2.45) is 0 Å². The third kappa shape index (κ3) is 4.35. The molecule has 2 aliphatic rings. The predicted octanol–water partition coefficient (Wildman–Crippen LogP) is 5.47. The van der Waals surface area contributed by atoms with Gasteiger partial charge in [-0.05, 0) is 68.9 Å². The van der Waals surface area contributed by atoms with E-state index < -0.39 is 0 Å². The summed E-state index contributed by atoms with van der Waals surface area (Å²) >= 11 is 0. The minimum absolute atomic E-state index is 0.180. The molecule has 1 N–H and O–H groups in total. The number of hydrogen-bond donors (Lipinski definition) is 1. The fraction of sp³-hybridized carbons (Fsp3) is 0.385. The van der Waals surface area contributed by atoms with Gasteiger partial charge in [0.1, 0.15) is 5.82 Å². The van der Waals surface area contributed by atoms with Crippen LogP contribution in [-0.2, 0) is 13.0 Å². The lowest BCUT2D eigenvalue weighted by atomic mass is 10.1. The maximum absolute atomic E-state index is 12.8. The van der Waals surface area contributed by atoms with Crippen LogP contribution in [0.5, 0.6) is 11.5 Å². The summed E-state index contributed by atoms with van der Waals surface area (Å²) in [6.07, 6.45) is 10.4. The molecule has 1 saturated carbocycles. The third-order valence-corrected chi connectivity index (χ3v) is 6.37. The van der Waals surface area contributed by atoms with Gasteiger partial charge in [0, 0.05) is 36.0 Å². The summed E-state index contributed by atoms with van der Waals surface area (Å²) < 4.78 is 13.8. The van der Waals surface area contributed by atoms with E-state index in [0.717, 1.165) is 48.6 Å². The molecule has 32 heavy (non-hydrogen) atoms. The van der Waals surface area contributed by atoms with Crippen molar-refractivity contribution in [2.75, 3.05) is 12.4 Å². The normalized spacial score (nSPS) is 15.9.